The van der Waals surface area contributed by atoms with Crippen LogP contribution in [0.1, 0.15) is 45.6 Å². The van der Waals surface area contributed by atoms with Crippen LogP contribution in [0.25, 0.3) is 11.3 Å². The molecule has 2 aromatic heterocycles. The molecular formula is C19H19ClN4O3S. The van der Waals surface area contributed by atoms with Crippen molar-refractivity contribution in [2.45, 2.75) is 19.8 Å². The number of halogens is 1. The third-order valence-electron chi connectivity index (χ3n) is 4.01. The standard InChI is InChI=1S/C19H19ClN4O3S/c1-10(2)16-15(18(26)27-4)21-19(28-16)22-17(25)14-9-13(23-24(14)3)11-6-5-7-12(20)8-11/h5-10H,1-4H3,(H,21,22,25). The Morgan fingerprint density at radius 3 is 2.68 bits per heavy atom. The topological polar surface area (TPSA) is 86.1 Å². The van der Waals surface area contributed by atoms with Crippen LogP contribution in [0.4, 0.5) is 5.13 Å². The number of anilines is 1. The molecule has 0 unspecified atom stereocenters. The van der Waals surface area contributed by atoms with Crippen LogP contribution in [0, 0.1) is 0 Å². The molecule has 0 saturated carbocycles. The van der Waals surface area contributed by atoms with Crippen molar-refractivity contribution in [3.8, 4) is 11.3 Å². The molecule has 3 rings (SSSR count). The summed E-state index contributed by atoms with van der Waals surface area (Å²) >= 11 is 7.29. The van der Waals surface area contributed by atoms with Crippen LogP contribution >= 0.6 is 22.9 Å². The highest BCUT2D eigenvalue weighted by molar-refractivity contribution is 7.16. The van der Waals surface area contributed by atoms with E-state index in [1.165, 1.54) is 23.1 Å². The molecule has 2 heterocycles. The van der Waals surface area contributed by atoms with Crippen LogP contribution in [0.3, 0.4) is 0 Å². The summed E-state index contributed by atoms with van der Waals surface area (Å²) in [5, 5.41) is 8.05. The zero-order valence-corrected chi connectivity index (χ0v) is 17.4. The van der Waals surface area contributed by atoms with Gasteiger partial charge in [-0.05, 0) is 24.1 Å². The minimum absolute atomic E-state index is 0.0726. The zero-order chi connectivity index (χ0) is 20.4. The molecular weight excluding hydrogens is 400 g/mol. The van der Waals surface area contributed by atoms with Gasteiger partial charge in [-0.25, -0.2) is 9.78 Å². The molecule has 0 atom stereocenters. The van der Waals surface area contributed by atoms with Crippen molar-refractivity contribution >= 4 is 39.9 Å². The average molecular weight is 419 g/mol. The SMILES string of the molecule is COC(=O)c1nc(NC(=O)c2cc(-c3cccc(Cl)c3)nn2C)sc1C(C)C. The number of carbonyl (C=O) groups excluding carboxylic acids is 2. The lowest BCUT2D eigenvalue weighted by Gasteiger charge is -2.02. The van der Waals surface area contributed by atoms with Crippen molar-refractivity contribution in [3.63, 3.8) is 0 Å². The number of carbonyl (C=O) groups is 2. The van der Waals surface area contributed by atoms with Crippen molar-refractivity contribution in [2.24, 2.45) is 7.05 Å². The minimum Gasteiger partial charge on any atom is -0.464 e. The number of methoxy groups -OCH3 is 1. The number of hydrogen-bond donors (Lipinski definition) is 1. The number of benzene rings is 1. The van der Waals surface area contributed by atoms with E-state index < -0.39 is 5.97 Å². The van der Waals surface area contributed by atoms with Gasteiger partial charge in [0.15, 0.2) is 10.8 Å². The van der Waals surface area contributed by atoms with E-state index in [1.807, 2.05) is 26.0 Å². The third kappa shape index (κ3) is 4.07. The molecule has 0 bridgehead atoms. The minimum atomic E-state index is -0.524. The molecule has 1 aromatic carbocycles. The van der Waals surface area contributed by atoms with Gasteiger partial charge >= 0.3 is 5.97 Å². The second kappa shape index (κ2) is 8.12. The third-order valence-corrected chi connectivity index (χ3v) is 5.52. The van der Waals surface area contributed by atoms with Gasteiger partial charge in [0.25, 0.3) is 5.91 Å². The number of ether oxygens (including phenoxy) is 1. The average Bonchev–Trinajstić information content (AvgIpc) is 3.25. The van der Waals surface area contributed by atoms with Crippen LogP contribution in [0.5, 0.6) is 0 Å². The van der Waals surface area contributed by atoms with Gasteiger partial charge in [-0.1, -0.05) is 37.6 Å². The van der Waals surface area contributed by atoms with Gasteiger partial charge in [0.1, 0.15) is 5.69 Å². The molecule has 9 heteroatoms. The highest BCUT2D eigenvalue weighted by atomic mass is 35.5. The van der Waals surface area contributed by atoms with Crippen LogP contribution < -0.4 is 5.32 Å². The van der Waals surface area contributed by atoms with E-state index in [4.69, 9.17) is 16.3 Å². The second-order valence-electron chi connectivity index (χ2n) is 6.38. The monoisotopic (exact) mass is 418 g/mol. The van der Waals surface area contributed by atoms with Crippen molar-refractivity contribution in [1.82, 2.24) is 14.8 Å². The smallest absolute Gasteiger partial charge is 0.357 e. The zero-order valence-electron chi connectivity index (χ0n) is 15.8. The number of rotatable bonds is 5. The number of hydrogen-bond acceptors (Lipinski definition) is 6. The lowest BCUT2D eigenvalue weighted by atomic mass is 10.1. The Labute approximate surface area is 171 Å². The lowest BCUT2D eigenvalue weighted by Crippen LogP contribution is -2.16. The second-order valence-corrected chi connectivity index (χ2v) is 7.85. The van der Waals surface area contributed by atoms with Crippen LogP contribution in [-0.4, -0.2) is 33.8 Å². The molecule has 0 saturated heterocycles. The molecule has 0 aliphatic rings. The predicted molar refractivity (Wildman–Crippen MR) is 109 cm³/mol. The van der Waals surface area contributed by atoms with Crippen LogP contribution in [0.2, 0.25) is 5.02 Å². The first-order chi connectivity index (χ1) is 13.3. The van der Waals surface area contributed by atoms with Gasteiger partial charge < -0.3 is 4.74 Å². The fraction of sp³-hybridized carbons (Fsp3) is 0.263. The summed E-state index contributed by atoms with van der Waals surface area (Å²) in [6.45, 7) is 3.90. The van der Waals surface area contributed by atoms with E-state index in [9.17, 15) is 9.59 Å². The predicted octanol–water partition coefficient (Wildman–Crippen LogP) is 4.36. The van der Waals surface area contributed by atoms with Gasteiger partial charge in [0, 0.05) is 22.5 Å². The van der Waals surface area contributed by atoms with E-state index >= 15 is 0 Å². The first-order valence-corrected chi connectivity index (χ1v) is 9.70. The van der Waals surface area contributed by atoms with Gasteiger partial charge in [-0.2, -0.15) is 5.10 Å². The molecule has 0 fully saturated rings. The maximum Gasteiger partial charge on any atom is 0.357 e. The Bertz CT molecular complexity index is 1040. The van der Waals surface area contributed by atoms with E-state index in [0.717, 1.165) is 10.4 Å². The maximum absolute atomic E-state index is 12.7. The molecule has 28 heavy (non-hydrogen) atoms. The van der Waals surface area contributed by atoms with Gasteiger partial charge in [0.05, 0.1) is 12.8 Å². The van der Waals surface area contributed by atoms with Crippen molar-refractivity contribution in [3.05, 3.63) is 51.6 Å². The molecule has 7 nitrogen and oxygen atoms in total. The quantitative estimate of drug-likeness (QED) is 0.622. The number of thiazole rings is 1. The van der Waals surface area contributed by atoms with E-state index in [-0.39, 0.29) is 17.5 Å². The molecule has 1 amide bonds. The fourth-order valence-corrected chi connectivity index (χ4v) is 3.79. The number of nitrogens with one attached hydrogen (secondary N) is 1. The summed E-state index contributed by atoms with van der Waals surface area (Å²) in [5.41, 5.74) is 2.03. The highest BCUT2D eigenvalue weighted by Gasteiger charge is 2.23. The molecule has 1 N–H and O–H groups in total. The largest absolute Gasteiger partial charge is 0.464 e. The normalized spacial score (nSPS) is 10.9. The molecule has 0 aliphatic carbocycles. The Morgan fingerprint density at radius 2 is 2.04 bits per heavy atom. The summed E-state index contributed by atoms with van der Waals surface area (Å²) < 4.78 is 6.27. The maximum atomic E-state index is 12.7. The van der Waals surface area contributed by atoms with Gasteiger partial charge in [0.2, 0.25) is 0 Å². The summed E-state index contributed by atoms with van der Waals surface area (Å²) in [4.78, 5) is 29.7. The molecule has 0 aliphatic heterocycles. The molecule has 0 spiro atoms. The Morgan fingerprint density at radius 1 is 1.29 bits per heavy atom. The van der Waals surface area contributed by atoms with Gasteiger partial charge in [-0.15, -0.1) is 11.3 Å². The van der Waals surface area contributed by atoms with Crippen molar-refractivity contribution in [2.75, 3.05) is 12.4 Å². The van der Waals surface area contributed by atoms with Crippen molar-refractivity contribution < 1.29 is 14.3 Å². The van der Waals surface area contributed by atoms with Gasteiger partial charge in [-0.3, -0.25) is 14.8 Å². The van der Waals surface area contributed by atoms with E-state index in [0.29, 0.717) is 21.5 Å². The number of amides is 1. The lowest BCUT2D eigenvalue weighted by molar-refractivity contribution is 0.0593. The van der Waals surface area contributed by atoms with Crippen LogP contribution in [0.15, 0.2) is 30.3 Å². The summed E-state index contributed by atoms with van der Waals surface area (Å²) in [7, 11) is 2.99. The number of esters is 1. The number of aromatic nitrogens is 3. The van der Waals surface area contributed by atoms with Crippen LogP contribution in [-0.2, 0) is 11.8 Å². The Hall–Kier alpha value is -2.71. The van der Waals surface area contributed by atoms with E-state index in [2.05, 4.69) is 15.4 Å². The number of aryl methyl sites for hydroxylation is 1. The van der Waals surface area contributed by atoms with Crippen molar-refractivity contribution in [1.29, 1.82) is 0 Å². The Balaban J connectivity index is 1.87. The molecule has 146 valence electrons. The summed E-state index contributed by atoms with van der Waals surface area (Å²) in [5.74, 6) is -0.823. The highest BCUT2D eigenvalue weighted by Crippen LogP contribution is 2.31. The summed E-state index contributed by atoms with van der Waals surface area (Å²) in [6.07, 6.45) is 0. The molecule has 3 aromatic rings. The first-order valence-electron chi connectivity index (χ1n) is 8.50. The fourth-order valence-electron chi connectivity index (χ4n) is 2.65. The summed E-state index contributed by atoms with van der Waals surface area (Å²) in [6, 6.07) is 8.93. The first kappa shape index (κ1) is 20.0. The number of nitrogens with zero attached hydrogens (tertiary/aromatic N) is 3. The molecule has 0 radical (unpaired) electrons. The Kier molecular flexibility index (Phi) is 5.81. The van der Waals surface area contributed by atoms with E-state index in [1.54, 1.807) is 25.2 Å².